The van der Waals surface area contributed by atoms with Gasteiger partial charge in [0, 0.05) is 44.4 Å². The van der Waals surface area contributed by atoms with Crippen LogP contribution in [0.5, 0.6) is 0 Å². The zero-order valence-electron chi connectivity index (χ0n) is 14.5. The van der Waals surface area contributed by atoms with Crippen molar-refractivity contribution in [2.45, 2.75) is 32.9 Å². The van der Waals surface area contributed by atoms with Crippen LogP contribution in [0.3, 0.4) is 0 Å². The number of nitrogens with zero attached hydrogens (tertiary/aromatic N) is 6. The van der Waals surface area contributed by atoms with Gasteiger partial charge in [-0.05, 0) is 25.3 Å². The van der Waals surface area contributed by atoms with E-state index in [9.17, 15) is 0 Å². The maximum absolute atomic E-state index is 4.80. The summed E-state index contributed by atoms with van der Waals surface area (Å²) in [6.45, 7) is 8.85. The van der Waals surface area contributed by atoms with E-state index in [4.69, 9.17) is 4.99 Å². The van der Waals surface area contributed by atoms with Crippen molar-refractivity contribution >= 4 is 5.96 Å². The smallest absolute Gasteiger partial charge is 0.194 e. The third kappa shape index (κ3) is 3.96. The summed E-state index contributed by atoms with van der Waals surface area (Å²) in [5.74, 6) is 1.64. The number of piperidine rings is 1. The number of nitrogens with one attached hydrogen (secondary N) is 1. The molecule has 130 valence electrons. The number of rotatable bonds is 5. The van der Waals surface area contributed by atoms with Gasteiger partial charge in [-0.1, -0.05) is 6.92 Å². The van der Waals surface area contributed by atoms with Gasteiger partial charge in [0.15, 0.2) is 5.96 Å². The second-order valence-corrected chi connectivity index (χ2v) is 6.29. The van der Waals surface area contributed by atoms with E-state index in [0.29, 0.717) is 12.0 Å². The second-order valence-electron chi connectivity index (χ2n) is 6.29. The maximum atomic E-state index is 4.80. The van der Waals surface area contributed by atoms with Gasteiger partial charge < -0.3 is 14.8 Å². The standard InChI is InChI=1S/C17H27N7/c1-3-19-17(20-8-12-24-9-4-6-21-24)22-10-5-15(2)16(13-22)23-11-7-18-14-23/h4,6-7,9,11,14-16H,3,5,8,10,12-13H2,1-2H3,(H,19,20). The van der Waals surface area contributed by atoms with Crippen molar-refractivity contribution in [2.75, 3.05) is 26.2 Å². The van der Waals surface area contributed by atoms with Gasteiger partial charge in [-0.2, -0.15) is 5.10 Å². The highest BCUT2D eigenvalue weighted by molar-refractivity contribution is 5.80. The summed E-state index contributed by atoms with van der Waals surface area (Å²) >= 11 is 0. The number of hydrogen-bond acceptors (Lipinski definition) is 3. The van der Waals surface area contributed by atoms with Crippen LogP contribution in [0.1, 0.15) is 26.3 Å². The molecule has 0 spiro atoms. The molecule has 2 aromatic heterocycles. The van der Waals surface area contributed by atoms with Crippen molar-refractivity contribution in [1.82, 2.24) is 29.5 Å². The first-order valence-corrected chi connectivity index (χ1v) is 8.76. The summed E-state index contributed by atoms with van der Waals surface area (Å²) in [5.41, 5.74) is 0. The van der Waals surface area contributed by atoms with Gasteiger partial charge >= 0.3 is 0 Å². The molecule has 3 heterocycles. The Morgan fingerprint density at radius 1 is 1.33 bits per heavy atom. The van der Waals surface area contributed by atoms with Gasteiger partial charge in [0.1, 0.15) is 0 Å². The van der Waals surface area contributed by atoms with Crippen LogP contribution >= 0.6 is 0 Å². The molecule has 7 heteroatoms. The van der Waals surface area contributed by atoms with Gasteiger partial charge in [-0.15, -0.1) is 0 Å². The minimum atomic E-state index is 0.441. The molecule has 2 atom stereocenters. The van der Waals surface area contributed by atoms with Gasteiger partial charge in [0.05, 0.1) is 25.5 Å². The third-order valence-electron chi connectivity index (χ3n) is 4.61. The summed E-state index contributed by atoms with van der Waals surface area (Å²) < 4.78 is 4.14. The van der Waals surface area contributed by atoms with Crippen molar-refractivity contribution in [2.24, 2.45) is 10.9 Å². The van der Waals surface area contributed by atoms with Gasteiger partial charge in [-0.3, -0.25) is 9.67 Å². The Labute approximate surface area is 143 Å². The van der Waals surface area contributed by atoms with Gasteiger partial charge in [0.25, 0.3) is 0 Å². The number of likely N-dealkylation sites (tertiary alicyclic amines) is 1. The van der Waals surface area contributed by atoms with E-state index >= 15 is 0 Å². The Bertz CT molecular complexity index is 617. The Kier molecular flexibility index (Phi) is 5.51. The quantitative estimate of drug-likeness (QED) is 0.669. The largest absolute Gasteiger partial charge is 0.357 e. The lowest BCUT2D eigenvalue weighted by Crippen LogP contribution is -2.49. The lowest BCUT2D eigenvalue weighted by atomic mass is 9.93. The molecule has 0 amide bonds. The first-order chi connectivity index (χ1) is 11.8. The van der Waals surface area contributed by atoms with E-state index in [1.807, 2.05) is 29.5 Å². The summed E-state index contributed by atoms with van der Waals surface area (Å²) in [6, 6.07) is 2.38. The number of hydrogen-bond donors (Lipinski definition) is 1. The van der Waals surface area contributed by atoms with E-state index in [-0.39, 0.29) is 0 Å². The predicted octanol–water partition coefficient (Wildman–Crippen LogP) is 1.63. The molecular weight excluding hydrogens is 302 g/mol. The number of aliphatic imine (C=N–C) groups is 1. The number of imidazole rings is 1. The normalized spacial score (nSPS) is 21.9. The van der Waals surface area contributed by atoms with Crippen molar-refractivity contribution < 1.29 is 0 Å². The summed E-state index contributed by atoms with van der Waals surface area (Å²) in [4.78, 5) is 11.4. The average molecular weight is 329 g/mol. The van der Waals surface area contributed by atoms with E-state index < -0.39 is 0 Å². The third-order valence-corrected chi connectivity index (χ3v) is 4.61. The van der Waals surface area contributed by atoms with Gasteiger partial charge in [-0.25, -0.2) is 4.98 Å². The average Bonchev–Trinajstić information content (AvgIpc) is 3.28. The molecule has 2 unspecified atom stereocenters. The summed E-state index contributed by atoms with van der Waals surface area (Å²) in [6.07, 6.45) is 10.8. The molecule has 2 aromatic rings. The summed E-state index contributed by atoms with van der Waals surface area (Å²) in [7, 11) is 0. The molecule has 1 aliphatic rings. The van der Waals surface area contributed by atoms with Crippen LogP contribution in [0, 0.1) is 5.92 Å². The number of aromatic nitrogens is 4. The fourth-order valence-corrected chi connectivity index (χ4v) is 3.21. The molecule has 0 aliphatic carbocycles. The second kappa shape index (κ2) is 7.99. The highest BCUT2D eigenvalue weighted by atomic mass is 15.3. The Morgan fingerprint density at radius 2 is 2.25 bits per heavy atom. The Balaban J connectivity index is 1.66. The van der Waals surface area contributed by atoms with Crippen LogP contribution in [-0.2, 0) is 6.54 Å². The lowest BCUT2D eigenvalue weighted by Gasteiger charge is -2.39. The molecule has 0 radical (unpaired) electrons. The molecule has 1 saturated heterocycles. The van der Waals surface area contributed by atoms with E-state index in [1.165, 1.54) is 0 Å². The SMILES string of the molecule is CCNC(=NCCn1cccn1)N1CCC(C)C(n2ccnc2)C1. The monoisotopic (exact) mass is 329 g/mol. The fourth-order valence-electron chi connectivity index (χ4n) is 3.21. The van der Waals surface area contributed by atoms with Crippen LogP contribution in [0.4, 0.5) is 0 Å². The Morgan fingerprint density at radius 3 is 2.96 bits per heavy atom. The molecule has 24 heavy (non-hydrogen) atoms. The molecule has 1 aliphatic heterocycles. The van der Waals surface area contributed by atoms with E-state index in [1.54, 1.807) is 6.20 Å². The number of guanidine groups is 1. The van der Waals surface area contributed by atoms with Crippen molar-refractivity contribution in [3.63, 3.8) is 0 Å². The topological polar surface area (TPSA) is 63.3 Å². The van der Waals surface area contributed by atoms with Crippen LogP contribution in [0.15, 0.2) is 42.2 Å². The zero-order chi connectivity index (χ0) is 16.8. The predicted molar refractivity (Wildman–Crippen MR) is 94.8 cm³/mol. The van der Waals surface area contributed by atoms with Crippen molar-refractivity contribution in [1.29, 1.82) is 0 Å². The van der Waals surface area contributed by atoms with Crippen LogP contribution in [-0.4, -0.2) is 56.4 Å². The first kappa shape index (κ1) is 16.5. The van der Waals surface area contributed by atoms with Crippen molar-refractivity contribution in [3.8, 4) is 0 Å². The first-order valence-electron chi connectivity index (χ1n) is 8.76. The zero-order valence-corrected chi connectivity index (χ0v) is 14.5. The fraction of sp³-hybridized carbons (Fsp3) is 0.588. The van der Waals surface area contributed by atoms with Crippen LogP contribution in [0.2, 0.25) is 0 Å². The molecular formula is C17H27N7. The molecule has 0 saturated carbocycles. The molecule has 1 N–H and O–H groups in total. The van der Waals surface area contributed by atoms with E-state index in [2.05, 4.69) is 44.9 Å². The maximum Gasteiger partial charge on any atom is 0.194 e. The van der Waals surface area contributed by atoms with E-state index in [0.717, 1.165) is 45.1 Å². The Hall–Kier alpha value is -2.31. The van der Waals surface area contributed by atoms with Crippen LogP contribution < -0.4 is 5.32 Å². The van der Waals surface area contributed by atoms with Crippen molar-refractivity contribution in [3.05, 3.63) is 37.2 Å². The minimum absolute atomic E-state index is 0.441. The molecule has 3 rings (SSSR count). The minimum Gasteiger partial charge on any atom is -0.357 e. The molecule has 7 nitrogen and oxygen atoms in total. The highest BCUT2D eigenvalue weighted by Gasteiger charge is 2.28. The summed E-state index contributed by atoms with van der Waals surface area (Å²) in [5, 5.41) is 7.66. The molecule has 0 aromatic carbocycles. The van der Waals surface area contributed by atoms with Gasteiger partial charge in [0.2, 0.25) is 0 Å². The lowest BCUT2D eigenvalue weighted by molar-refractivity contribution is 0.189. The highest BCUT2D eigenvalue weighted by Crippen LogP contribution is 2.27. The molecule has 1 fully saturated rings. The van der Waals surface area contributed by atoms with Crippen LogP contribution in [0.25, 0.3) is 0 Å². The molecule has 0 bridgehead atoms.